The molecule has 0 bridgehead atoms. The summed E-state index contributed by atoms with van der Waals surface area (Å²) < 4.78 is 7.44. The van der Waals surface area contributed by atoms with Crippen molar-refractivity contribution in [3.63, 3.8) is 0 Å². The lowest BCUT2D eigenvalue weighted by atomic mass is 9.87. The van der Waals surface area contributed by atoms with E-state index in [0.717, 1.165) is 12.5 Å². The van der Waals surface area contributed by atoms with Crippen molar-refractivity contribution >= 4 is 11.6 Å². The van der Waals surface area contributed by atoms with Crippen LogP contribution in [0.2, 0.25) is 0 Å². The maximum atomic E-state index is 12.0. The summed E-state index contributed by atoms with van der Waals surface area (Å²) in [6.45, 7) is 7.42. The van der Waals surface area contributed by atoms with E-state index in [4.69, 9.17) is 4.74 Å². The smallest absolute Gasteiger partial charge is 0.262 e. The van der Waals surface area contributed by atoms with E-state index in [-0.39, 0.29) is 17.9 Å². The van der Waals surface area contributed by atoms with Crippen LogP contribution in [0.15, 0.2) is 36.7 Å². The van der Waals surface area contributed by atoms with Gasteiger partial charge in [0.2, 0.25) is 0 Å². The molecule has 0 radical (unpaired) electrons. The van der Waals surface area contributed by atoms with Gasteiger partial charge in [0.05, 0.1) is 11.9 Å². The van der Waals surface area contributed by atoms with E-state index in [1.54, 1.807) is 6.20 Å². The highest BCUT2D eigenvalue weighted by atomic mass is 16.5. The average Bonchev–Trinajstić information content (AvgIpc) is 3.23. The minimum Gasteiger partial charge on any atom is -0.484 e. The molecule has 1 fully saturated rings. The lowest BCUT2D eigenvalue weighted by Gasteiger charge is -2.19. The van der Waals surface area contributed by atoms with E-state index in [9.17, 15) is 4.79 Å². The number of carbonyl (C=O) groups is 1. The highest BCUT2D eigenvalue weighted by Gasteiger charge is 2.22. The van der Waals surface area contributed by atoms with Crippen molar-refractivity contribution in [3.05, 3.63) is 42.2 Å². The molecule has 1 aromatic carbocycles. The summed E-state index contributed by atoms with van der Waals surface area (Å²) in [5.74, 6) is 1.27. The fraction of sp³-hybridized carbons (Fsp3) is 0.474. The quantitative estimate of drug-likeness (QED) is 0.882. The molecular weight excluding hydrogens is 302 g/mol. The van der Waals surface area contributed by atoms with Gasteiger partial charge >= 0.3 is 0 Å². The van der Waals surface area contributed by atoms with Gasteiger partial charge in [-0.1, -0.05) is 32.9 Å². The van der Waals surface area contributed by atoms with Crippen molar-refractivity contribution in [2.45, 2.75) is 45.6 Å². The topological polar surface area (TPSA) is 56.1 Å². The maximum absolute atomic E-state index is 12.0. The normalized spacial score (nSPS) is 14.5. The van der Waals surface area contributed by atoms with Crippen molar-refractivity contribution in [2.75, 3.05) is 11.9 Å². The van der Waals surface area contributed by atoms with E-state index in [1.807, 2.05) is 35.1 Å². The van der Waals surface area contributed by atoms with Gasteiger partial charge in [0.25, 0.3) is 5.91 Å². The molecule has 0 unspecified atom stereocenters. The lowest BCUT2D eigenvalue weighted by Crippen LogP contribution is -2.20. The molecule has 0 spiro atoms. The molecule has 0 aliphatic heterocycles. The van der Waals surface area contributed by atoms with Crippen molar-refractivity contribution in [1.82, 2.24) is 9.78 Å². The number of ether oxygens (including phenoxy) is 1. The molecule has 5 heteroatoms. The van der Waals surface area contributed by atoms with Crippen LogP contribution in [-0.4, -0.2) is 22.3 Å². The number of amides is 1. The molecule has 2 aromatic rings. The number of benzene rings is 1. The molecule has 1 amide bonds. The Morgan fingerprint density at radius 3 is 2.62 bits per heavy atom. The fourth-order valence-electron chi connectivity index (χ4n) is 2.49. The zero-order chi connectivity index (χ0) is 17.2. The highest BCUT2D eigenvalue weighted by molar-refractivity contribution is 5.91. The molecule has 1 aliphatic carbocycles. The van der Waals surface area contributed by atoms with E-state index in [2.05, 4.69) is 31.2 Å². The summed E-state index contributed by atoms with van der Waals surface area (Å²) in [4.78, 5) is 12.0. The number of rotatable bonds is 6. The number of aromatic nitrogens is 2. The molecule has 1 saturated carbocycles. The van der Waals surface area contributed by atoms with Gasteiger partial charge in [-0.25, -0.2) is 0 Å². The Labute approximate surface area is 143 Å². The van der Waals surface area contributed by atoms with Crippen LogP contribution < -0.4 is 10.1 Å². The van der Waals surface area contributed by atoms with Crippen molar-refractivity contribution in [2.24, 2.45) is 5.92 Å². The second-order valence-corrected chi connectivity index (χ2v) is 7.51. The van der Waals surface area contributed by atoms with Gasteiger partial charge in [0.1, 0.15) is 5.75 Å². The van der Waals surface area contributed by atoms with Crippen molar-refractivity contribution in [3.8, 4) is 5.75 Å². The number of nitrogens with zero attached hydrogens (tertiary/aromatic N) is 2. The summed E-state index contributed by atoms with van der Waals surface area (Å²) in [7, 11) is 0. The molecule has 0 atom stereocenters. The Hall–Kier alpha value is -2.30. The highest BCUT2D eigenvalue weighted by Crippen LogP contribution is 2.30. The van der Waals surface area contributed by atoms with Crippen LogP contribution >= 0.6 is 0 Å². The van der Waals surface area contributed by atoms with Crippen LogP contribution in [0.25, 0.3) is 0 Å². The molecule has 1 aromatic heterocycles. The monoisotopic (exact) mass is 327 g/mol. The van der Waals surface area contributed by atoms with Crippen molar-refractivity contribution in [1.29, 1.82) is 0 Å². The van der Waals surface area contributed by atoms with Gasteiger partial charge in [-0.15, -0.1) is 0 Å². The van der Waals surface area contributed by atoms with Crippen LogP contribution in [-0.2, 0) is 16.8 Å². The van der Waals surface area contributed by atoms with Gasteiger partial charge < -0.3 is 10.1 Å². The molecule has 1 N–H and O–H groups in total. The minimum absolute atomic E-state index is 0.0112. The number of carbonyl (C=O) groups excluding carboxylic acids is 1. The number of nitrogens with one attached hydrogen (secondary N) is 1. The van der Waals surface area contributed by atoms with E-state index in [0.29, 0.717) is 11.4 Å². The van der Waals surface area contributed by atoms with Crippen LogP contribution in [0, 0.1) is 5.92 Å². The van der Waals surface area contributed by atoms with E-state index < -0.39 is 0 Å². The predicted octanol–water partition coefficient (Wildman–Crippen LogP) is 3.61. The zero-order valence-corrected chi connectivity index (χ0v) is 14.6. The Balaban J connectivity index is 1.47. The Morgan fingerprint density at radius 1 is 1.29 bits per heavy atom. The number of hydrogen-bond acceptors (Lipinski definition) is 3. The Morgan fingerprint density at radius 2 is 2.00 bits per heavy atom. The molecule has 1 heterocycles. The van der Waals surface area contributed by atoms with Gasteiger partial charge in [0.15, 0.2) is 6.61 Å². The standard InChI is InChI=1S/C19H25N3O2/c1-19(2,3)15-6-8-17(9-7-15)24-13-18(23)21-16-10-20-22(12-16)11-14-4-5-14/h6-10,12,14H,4-5,11,13H2,1-3H3,(H,21,23). The Kier molecular flexibility index (Phi) is 4.60. The SMILES string of the molecule is CC(C)(C)c1ccc(OCC(=O)Nc2cnn(CC3CC3)c2)cc1. The third-order valence-corrected chi connectivity index (χ3v) is 4.15. The fourth-order valence-corrected chi connectivity index (χ4v) is 2.49. The zero-order valence-electron chi connectivity index (χ0n) is 14.6. The summed E-state index contributed by atoms with van der Waals surface area (Å²) in [5.41, 5.74) is 2.06. The van der Waals surface area contributed by atoms with Crippen LogP contribution in [0.1, 0.15) is 39.2 Å². The van der Waals surface area contributed by atoms with Gasteiger partial charge in [-0.3, -0.25) is 9.48 Å². The molecule has 24 heavy (non-hydrogen) atoms. The largest absolute Gasteiger partial charge is 0.484 e. The predicted molar refractivity (Wildman–Crippen MR) is 94.2 cm³/mol. The van der Waals surface area contributed by atoms with Crippen molar-refractivity contribution < 1.29 is 9.53 Å². The molecule has 5 nitrogen and oxygen atoms in total. The molecule has 128 valence electrons. The second kappa shape index (κ2) is 6.67. The average molecular weight is 327 g/mol. The van der Waals surface area contributed by atoms with Crippen LogP contribution in [0.4, 0.5) is 5.69 Å². The van der Waals surface area contributed by atoms with Crippen LogP contribution in [0.5, 0.6) is 5.75 Å². The van der Waals surface area contributed by atoms with E-state index >= 15 is 0 Å². The first kappa shape index (κ1) is 16.6. The third-order valence-electron chi connectivity index (χ3n) is 4.15. The lowest BCUT2D eigenvalue weighted by molar-refractivity contribution is -0.118. The van der Waals surface area contributed by atoms with E-state index in [1.165, 1.54) is 18.4 Å². The van der Waals surface area contributed by atoms with Gasteiger partial charge in [-0.2, -0.15) is 5.10 Å². The second-order valence-electron chi connectivity index (χ2n) is 7.51. The Bertz CT molecular complexity index is 694. The third kappa shape index (κ3) is 4.60. The number of anilines is 1. The molecular formula is C19H25N3O2. The summed E-state index contributed by atoms with van der Waals surface area (Å²) in [5, 5.41) is 7.08. The molecule has 1 aliphatic rings. The summed E-state index contributed by atoms with van der Waals surface area (Å²) in [6, 6.07) is 7.88. The summed E-state index contributed by atoms with van der Waals surface area (Å²) in [6.07, 6.45) is 6.11. The molecule has 3 rings (SSSR count). The van der Waals surface area contributed by atoms with Gasteiger partial charge in [-0.05, 0) is 41.9 Å². The first-order chi connectivity index (χ1) is 11.4. The minimum atomic E-state index is -0.180. The first-order valence-corrected chi connectivity index (χ1v) is 8.46. The van der Waals surface area contributed by atoms with Crippen LogP contribution in [0.3, 0.4) is 0 Å². The first-order valence-electron chi connectivity index (χ1n) is 8.46. The summed E-state index contributed by atoms with van der Waals surface area (Å²) >= 11 is 0. The number of hydrogen-bond donors (Lipinski definition) is 1. The van der Waals surface area contributed by atoms with Gasteiger partial charge in [0, 0.05) is 12.7 Å². The maximum Gasteiger partial charge on any atom is 0.262 e. The molecule has 0 saturated heterocycles.